The van der Waals surface area contributed by atoms with Gasteiger partial charge in [0.1, 0.15) is 0 Å². The average Bonchev–Trinajstić information content (AvgIpc) is 2.52. The van der Waals surface area contributed by atoms with E-state index in [-0.39, 0.29) is 6.04 Å². The first kappa shape index (κ1) is 9.61. The third-order valence-corrected chi connectivity index (χ3v) is 2.75. The van der Waals surface area contributed by atoms with E-state index in [2.05, 4.69) is 23.4 Å². The van der Waals surface area contributed by atoms with Crippen LogP contribution in [0.1, 0.15) is 43.3 Å². The maximum atomic E-state index is 5.90. The number of aromatic nitrogens is 2. The summed E-state index contributed by atoms with van der Waals surface area (Å²) in [7, 11) is 0. The molecule has 0 spiro atoms. The van der Waals surface area contributed by atoms with Gasteiger partial charge in [-0.1, -0.05) is 24.8 Å². The summed E-state index contributed by atoms with van der Waals surface area (Å²) in [6, 6.07) is 0.131. The second-order valence-corrected chi connectivity index (χ2v) is 3.63. The van der Waals surface area contributed by atoms with Crippen molar-refractivity contribution in [1.29, 1.82) is 0 Å². The molecule has 3 nitrogen and oxygen atoms in total. The lowest BCUT2D eigenvalue weighted by Crippen LogP contribution is -2.09. The smallest absolute Gasteiger partial charge is 0.0803 e. The fourth-order valence-electron chi connectivity index (χ4n) is 1.09. The molecule has 0 fully saturated rings. The second kappa shape index (κ2) is 4.52. The van der Waals surface area contributed by atoms with E-state index in [9.17, 15) is 0 Å². The molecular formula is C8H15N3S. The molecule has 1 heterocycles. The van der Waals surface area contributed by atoms with Crippen molar-refractivity contribution in [1.82, 2.24) is 9.59 Å². The van der Waals surface area contributed by atoms with Crippen LogP contribution in [-0.4, -0.2) is 9.59 Å². The predicted molar refractivity (Wildman–Crippen MR) is 51.1 cm³/mol. The van der Waals surface area contributed by atoms with Crippen LogP contribution in [0.4, 0.5) is 0 Å². The molecule has 0 amide bonds. The fourth-order valence-corrected chi connectivity index (χ4v) is 1.87. The Morgan fingerprint density at radius 1 is 1.50 bits per heavy atom. The third-order valence-electron chi connectivity index (χ3n) is 1.85. The van der Waals surface area contributed by atoms with E-state index in [0.717, 1.165) is 25.0 Å². The fraction of sp³-hybridized carbons (Fsp3) is 0.750. The summed E-state index contributed by atoms with van der Waals surface area (Å²) in [6.07, 6.45) is 3.06. The van der Waals surface area contributed by atoms with E-state index in [0.29, 0.717) is 0 Å². The maximum Gasteiger partial charge on any atom is 0.0803 e. The van der Waals surface area contributed by atoms with Crippen LogP contribution < -0.4 is 5.73 Å². The summed E-state index contributed by atoms with van der Waals surface area (Å²) >= 11 is 1.44. The van der Waals surface area contributed by atoms with Gasteiger partial charge < -0.3 is 5.73 Å². The second-order valence-electron chi connectivity index (χ2n) is 2.85. The molecule has 0 aliphatic carbocycles. The lowest BCUT2D eigenvalue weighted by Gasteiger charge is -2.05. The molecule has 0 aromatic carbocycles. The van der Waals surface area contributed by atoms with E-state index in [4.69, 9.17) is 5.73 Å². The van der Waals surface area contributed by atoms with Gasteiger partial charge in [0.05, 0.1) is 10.6 Å². The minimum absolute atomic E-state index is 0.131. The Morgan fingerprint density at radius 3 is 2.83 bits per heavy atom. The predicted octanol–water partition coefficient (Wildman–Crippen LogP) is 1.90. The van der Waals surface area contributed by atoms with Crippen molar-refractivity contribution in [3.63, 3.8) is 0 Å². The number of aryl methyl sites for hydroxylation is 1. The van der Waals surface area contributed by atoms with E-state index < -0.39 is 0 Å². The summed E-state index contributed by atoms with van der Waals surface area (Å²) in [5.41, 5.74) is 6.99. The van der Waals surface area contributed by atoms with Crippen molar-refractivity contribution in [2.45, 2.75) is 39.2 Å². The normalized spacial score (nSPS) is 13.2. The summed E-state index contributed by atoms with van der Waals surface area (Å²) in [4.78, 5) is 1.17. The molecule has 2 N–H and O–H groups in total. The molecule has 12 heavy (non-hydrogen) atoms. The standard InChI is InChI=1S/C8H15N3S/c1-3-5-7-8(6(9)4-2)12-11-10-7/h6H,3-5,9H2,1-2H3. The molecule has 1 aromatic rings. The first-order chi connectivity index (χ1) is 5.79. The van der Waals surface area contributed by atoms with Gasteiger partial charge in [-0.15, -0.1) is 5.10 Å². The molecule has 4 heteroatoms. The largest absolute Gasteiger partial charge is 0.323 e. The minimum atomic E-state index is 0.131. The Balaban J connectivity index is 2.76. The van der Waals surface area contributed by atoms with Crippen molar-refractivity contribution in [2.75, 3.05) is 0 Å². The van der Waals surface area contributed by atoms with Crippen LogP contribution in [0.5, 0.6) is 0 Å². The molecule has 1 aromatic heterocycles. The number of rotatable bonds is 4. The number of hydrogen-bond donors (Lipinski definition) is 1. The molecule has 0 radical (unpaired) electrons. The molecule has 0 aliphatic rings. The van der Waals surface area contributed by atoms with Crippen molar-refractivity contribution < 1.29 is 0 Å². The first-order valence-electron chi connectivity index (χ1n) is 4.36. The average molecular weight is 185 g/mol. The van der Waals surface area contributed by atoms with Gasteiger partial charge in [0.15, 0.2) is 0 Å². The zero-order valence-corrected chi connectivity index (χ0v) is 8.40. The van der Waals surface area contributed by atoms with Crippen molar-refractivity contribution in [3.05, 3.63) is 10.6 Å². The Bertz CT molecular complexity index is 234. The van der Waals surface area contributed by atoms with E-state index >= 15 is 0 Å². The van der Waals surface area contributed by atoms with Crippen LogP contribution in [0.15, 0.2) is 0 Å². The van der Waals surface area contributed by atoms with Gasteiger partial charge in [-0.3, -0.25) is 0 Å². The lowest BCUT2D eigenvalue weighted by atomic mass is 10.1. The Kier molecular flexibility index (Phi) is 3.62. The van der Waals surface area contributed by atoms with E-state index in [1.165, 1.54) is 16.4 Å². The number of hydrogen-bond acceptors (Lipinski definition) is 4. The Hall–Kier alpha value is -0.480. The quantitative estimate of drug-likeness (QED) is 0.779. The first-order valence-corrected chi connectivity index (χ1v) is 5.13. The highest BCUT2D eigenvalue weighted by Crippen LogP contribution is 2.21. The molecule has 1 rings (SSSR count). The monoisotopic (exact) mass is 185 g/mol. The molecule has 0 saturated carbocycles. The van der Waals surface area contributed by atoms with Crippen LogP contribution >= 0.6 is 11.5 Å². The number of nitrogens with two attached hydrogens (primary N) is 1. The molecule has 0 saturated heterocycles. The molecule has 0 bridgehead atoms. The highest BCUT2D eigenvalue weighted by atomic mass is 32.1. The zero-order valence-electron chi connectivity index (χ0n) is 7.58. The lowest BCUT2D eigenvalue weighted by molar-refractivity contribution is 0.694. The number of nitrogens with zero attached hydrogens (tertiary/aromatic N) is 2. The van der Waals surface area contributed by atoms with Crippen molar-refractivity contribution in [2.24, 2.45) is 5.73 Å². The molecule has 1 atom stereocenters. The highest BCUT2D eigenvalue weighted by Gasteiger charge is 2.12. The molecule has 68 valence electrons. The Morgan fingerprint density at radius 2 is 2.25 bits per heavy atom. The van der Waals surface area contributed by atoms with Gasteiger partial charge >= 0.3 is 0 Å². The molecular weight excluding hydrogens is 170 g/mol. The third kappa shape index (κ3) is 2.01. The zero-order chi connectivity index (χ0) is 8.97. The van der Waals surface area contributed by atoms with Crippen LogP contribution in [-0.2, 0) is 6.42 Å². The summed E-state index contributed by atoms with van der Waals surface area (Å²) in [5, 5.41) is 4.06. The topological polar surface area (TPSA) is 51.8 Å². The molecule has 1 unspecified atom stereocenters. The van der Waals surface area contributed by atoms with Crippen molar-refractivity contribution in [3.8, 4) is 0 Å². The van der Waals surface area contributed by atoms with Gasteiger partial charge in [0.25, 0.3) is 0 Å². The maximum absolute atomic E-state index is 5.90. The highest BCUT2D eigenvalue weighted by molar-refractivity contribution is 7.05. The summed E-state index contributed by atoms with van der Waals surface area (Å²) < 4.78 is 3.92. The van der Waals surface area contributed by atoms with E-state index in [1.54, 1.807) is 0 Å². The van der Waals surface area contributed by atoms with Gasteiger partial charge in [-0.2, -0.15) is 0 Å². The van der Waals surface area contributed by atoms with Gasteiger partial charge in [-0.05, 0) is 24.4 Å². The van der Waals surface area contributed by atoms with Crippen LogP contribution in [0.2, 0.25) is 0 Å². The minimum Gasteiger partial charge on any atom is -0.323 e. The Labute approximate surface area is 77.2 Å². The van der Waals surface area contributed by atoms with Gasteiger partial charge in [0, 0.05) is 6.04 Å². The van der Waals surface area contributed by atoms with E-state index in [1.807, 2.05) is 0 Å². The van der Waals surface area contributed by atoms with Gasteiger partial charge in [-0.25, -0.2) is 0 Å². The SMILES string of the molecule is CCCc1nnsc1C(N)CC. The van der Waals surface area contributed by atoms with Gasteiger partial charge in [0.2, 0.25) is 0 Å². The van der Waals surface area contributed by atoms with Crippen molar-refractivity contribution >= 4 is 11.5 Å². The molecule has 0 aliphatic heterocycles. The summed E-state index contributed by atoms with van der Waals surface area (Å²) in [6.45, 7) is 4.22. The van der Waals surface area contributed by atoms with Crippen LogP contribution in [0.25, 0.3) is 0 Å². The van der Waals surface area contributed by atoms with Crippen LogP contribution in [0, 0.1) is 0 Å². The van der Waals surface area contributed by atoms with Crippen LogP contribution in [0.3, 0.4) is 0 Å². The summed E-state index contributed by atoms with van der Waals surface area (Å²) in [5.74, 6) is 0.